The summed E-state index contributed by atoms with van der Waals surface area (Å²) < 4.78 is 1.75. The molecule has 0 aliphatic rings. The molecule has 1 aromatic heterocycles. The number of unbranched alkanes of at least 4 members (excludes halogenated alkanes) is 2. The summed E-state index contributed by atoms with van der Waals surface area (Å²) in [6.45, 7) is 10.4. The Morgan fingerprint density at radius 3 is 2.38 bits per heavy atom. The molecule has 0 saturated heterocycles. The third kappa shape index (κ3) is 6.44. The van der Waals surface area contributed by atoms with E-state index in [9.17, 15) is 9.59 Å². The molecule has 0 bridgehead atoms. The minimum atomic E-state index is -0.231. The number of carbonyl (C=O) groups excluding carboxylic acids is 2. The fourth-order valence-corrected chi connectivity index (χ4v) is 2.92. The minimum Gasteiger partial charge on any atom is -0.336 e. The van der Waals surface area contributed by atoms with E-state index in [0.29, 0.717) is 12.2 Å². The average molecular weight is 399 g/mol. The highest BCUT2D eigenvalue weighted by atomic mass is 16.2. The molecule has 0 aliphatic carbocycles. The number of hydrogen-bond acceptors (Lipinski definition) is 3. The fourth-order valence-electron chi connectivity index (χ4n) is 2.92. The van der Waals surface area contributed by atoms with E-state index in [4.69, 9.17) is 5.10 Å². The van der Waals surface area contributed by atoms with E-state index in [1.807, 2.05) is 37.3 Å². The van der Waals surface area contributed by atoms with Crippen molar-refractivity contribution in [2.75, 3.05) is 18.9 Å². The van der Waals surface area contributed by atoms with Gasteiger partial charge < -0.3 is 10.2 Å². The van der Waals surface area contributed by atoms with Gasteiger partial charge in [-0.15, -0.1) is 0 Å². The smallest absolute Gasteiger partial charge is 0.245 e. The van der Waals surface area contributed by atoms with Crippen LogP contribution in [0.3, 0.4) is 0 Å². The van der Waals surface area contributed by atoms with Crippen LogP contribution in [0.2, 0.25) is 0 Å². The van der Waals surface area contributed by atoms with E-state index in [1.165, 1.54) is 4.90 Å². The molecule has 0 fully saturated rings. The van der Waals surface area contributed by atoms with Gasteiger partial charge in [-0.3, -0.25) is 9.59 Å². The van der Waals surface area contributed by atoms with Gasteiger partial charge in [-0.2, -0.15) is 5.10 Å². The van der Waals surface area contributed by atoms with Crippen molar-refractivity contribution in [1.82, 2.24) is 14.7 Å². The maximum absolute atomic E-state index is 12.6. The molecule has 0 saturated carbocycles. The van der Waals surface area contributed by atoms with Crippen molar-refractivity contribution in [2.45, 2.75) is 65.7 Å². The molecule has 0 radical (unpaired) electrons. The first kappa shape index (κ1) is 22.7. The molecule has 0 unspecified atom stereocenters. The number of anilines is 1. The van der Waals surface area contributed by atoms with Crippen molar-refractivity contribution in [3.8, 4) is 5.69 Å². The van der Waals surface area contributed by atoms with Gasteiger partial charge in [-0.05, 0) is 25.5 Å². The first-order valence-electron chi connectivity index (χ1n) is 10.3. The van der Waals surface area contributed by atoms with Crippen molar-refractivity contribution in [3.63, 3.8) is 0 Å². The zero-order valence-corrected chi connectivity index (χ0v) is 18.6. The Morgan fingerprint density at radius 2 is 1.79 bits per heavy atom. The number of hydrogen-bond donors (Lipinski definition) is 1. The lowest BCUT2D eigenvalue weighted by molar-refractivity contribution is -0.133. The Hall–Kier alpha value is -2.63. The molecule has 0 atom stereocenters. The molecule has 2 aromatic rings. The van der Waals surface area contributed by atoms with Crippen LogP contribution in [0.4, 0.5) is 5.82 Å². The molecule has 1 N–H and O–H groups in total. The van der Waals surface area contributed by atoms with Crippen LogP contribution in [0.5, 0.6) is 0 Å². The van der Waals surface area contributed by atoms with Crippen LogP contribution in [-0.2, 0) is 15.0 Å². The van der Waals surface area contributed by atoms with Crippen molar-refractivity contribution >= 4 is 17.6 Å². The van der Waals surface area contributed by atoms with Crippen molar-refractivity contribution in [3.05, 3.63) is 41.6 Å². The summed E-state index contributed by atoms with van der Waals surface area (Å²) in [6, 6.07) is 9.90. The van der Waals surface area contributed by atoms with Gasteiger partial charge in [0.25, 0.3) is 0 Å². The summed E-state index contributed by atoms with van der Waals surface area (Å²) in [5.74, 6) is 0.372. The van der Waals surface area contributed by atoms with Crippen LogP contribution in [0.1, 0.15) is 64.6 Å². The quantitative estimate of drug-likeness (QED) is 0.668. The highest BCUT2D eigenvalue weighted by Gasteiger charge is 2.22. The topological polar surface area (TPSA) is 67.2 Å². The number of aromatic nitrogens is 2. The molecule has 2 rings (SSSR count). The third-order valence-corrected chi connectivity index (χ3v) is 4.82. The number of benzene rings is 1. The Morgan fingerprint density at radius 1 is 1.14 bits per heavy atom. The predicted molar refractivity (Wildman–Crippen MR) is 117 cm³/mol. The Bertz CT molecular complexity index is 832. The van der Waals surface area contributed by atoms with Crippen molar-refractivity contribution in [1.29, 1.82) is 0 Å². The lowest BCUT2D eigenvalue weighted by Gasteiger charge is -2.17. The molecule has 2 amide bonds. The number of nitrogens with one attached hydrogen (secondary N) is 1. The fraction of sp³-hybridized carbons (Fsp3) is 0.522. The van der Waals surface area contributed by atoms with Crippen molar-refractivity contribution in [2.24, 2.45) is 0 Å². The Balaban J connectivity index is 2.16. The molecule has 29 heavy (non-hydrogen) atoms. The summed E-state index contributed by atoms with van der Waals surface area (Å²) in [4.78, 5) is 26.3. The van der Waals surface area contributed by atoms with Gasteiger partial charge in [-0.25, -0.2) is 4.68 Å². The van der Waals surface area contributed by atoms with Gasteiger partial charge in [0.2, 0.25) is 11.8 Å². The second-order valence-corrected chi connectivity index (χ2v) is 8.67. The van der Waals surface area contributed by atoms with E-state index in [-0.39, 0.29) is 23.8 Å². The Labute approximate surface area is 174 Å². The minimum absolute atomic E-state index is 0.00368. The number of amides is 2. The lowest BCUT2D eigenvalue weighted by atomic mass is 9.92. The van der Waals surface area contributed by atoms with E-state index in [0.717, 1.165) is 36.2 Å². The van der Waals surface area contributed by atoms with Gasteiger partial charge in [0, 0.05) is 24.9 Å². The Kier molecular flexibility index (Phi) is 7.59. The van der Waals surface area contributed by atoms with Gasteiger partial charge in [0.05, 0.1) is 17.9 Å². The third-order valence-electron chi connectivity index (χ3n) is 4.82. The summed E-state index contributed by atoms with van der Waals surface area (Å²) in [5, 5.41) is 7.66. The number of carbonyl (C=O) groups is 2. The zero-order chi connectivity index (χ0) is 21.6. The van der Waals surface area contributed by atoms with Gasteiger partial charge in [0.15, 0.2) is 0 Å². The maximum Gasteiger partial charge on any atom is 0.245 e. The summed E-state index contributed by atoms with van der Waals surface area (Å²) in [7, 11) is 1.67. The zero-order valence-electron chi connectivity index (χ0n) is 18.6. The number of rotatable bonds is 8. The number of aryl methyl sites for hydroxylation is 1. The van der Waals surface area contributed by atoms with Crippen molar-refractivity contribution < 1.29 is 9.59 Å². The molecule has 1 aromatic carbocycles. The summed E-state index contributed by atoms with van der Waals surface area (Å²) >= 11 is 0. The van der Waals surface area contributed by atoms with E-state index in [1.54, 1.807) is 11.7 Å². The van der Waals surface area contributed by atoms with E-state index < -0.39 is 0 Å². The van der Waals surface area contributed by atoms with Crippen LogP contribution in [0.15, 0.2) is 30.3 Å². The first-order chi connectivity index (χ1) is 13.6. The van der Waals surface area contributed by atoms with Crippen LogP contribution >= 0.6 is 0 Å². The largest absolute Gasteiger partial charge is 0.336 e. The van der Waals surface area contributed by atoms with Crippen LogP contribution in [0.25, 0.3) is 5.69 Å². The maximum atomic E-state index is 12.6. The standard InChI is InChI=1S/C23H34N4O2/c1-7-8-9-10-22(29)26(6)16-21(28)24-20-15-19(23(3,4)5)25-27(20)18-13-11-17(2)12-14-18/h11-15H,7-10,16H2,1-6H3,(H,24,28). The molecular formula is C23H34N4O2. The average Bonchev–Trinajstić information content (AvgIpc) is 3.06. The van der Waals surface area contributed by atoms with Crippen LogP contribution < -0.4 is 5.32 Å². The van der Waals surface area contributed by atoms with Crippen LogP contribution in [-0.4, -0.2) is 40.1 Å². The van der Waals surface area contributed by atoms with E-state index >= 15 is 0 Å². The SMILES string of the molecule is CCCCCC(=O)N(C)CC(=O)Nc1cc(C(C)(C)C)nn1-c1ccc(C)cc1. The molecule has 6 heteroatoms. The first-order valence-corrected chi connectivity index (χ1v) is 10.3. The molecule has 0 spiro atoms. The van der Waals surface area contributed by atoms with Gasteiger partial charge in [-0.1, -0.05) is 58.2 Å². The molecule has 6 nitrogen and oxygen atoms in total. The molecular weight excluding hydrogens is 364 g/mol. The number of nitrogens with zero attached hydrogens (tertiary/aromatic N) is 3. The number of likely N-dealkylation sites (N-methyl/N-ethyl adjacent to an activating group) is 1. The van der Waals surface area contributed by atoms with E-state index in [2.05, 4.69) is 33.0 Å². The lowest BCUT2D eigenvalue weighted by Crippen LogP contribution is -2.35. The van der Waals surface area contributed by atoms with Gasteiger partial charge >= 0.3 is 0 Å². The predicted octanol–water partition coefficient (Wildman–Crippen LogP) is 4.46. The summed E-state index contributed by atoms with van der Waals surface area (Å²) in [5.41, 5.74) is 2.77. The highest BCUT2D eigenvalue weighted by molar-refractivity contribution is 5.94. The van der Waals surface area contributed by atoms with Crippen LogP contribution in [0, 0.1) is 6.92 Å². The molecule has 158 valence electrons. The second kappa shape index (κ2) is 9.72. The summed E-state index contributed by atoms with van der Waals surface area (Å²) in [6.07, 6.45) is 3.43. The monoisotopic (exact) mass is 398 g/mol. The second-order valence-electron chi connectivity index (χ2n) is 8.67. The normalized spacial score (nSPS) is 11.4. The molecule has 1 heterocycles. The van der Waals surface area contributed by atoms with Gasteiger partial charge in [0.1, 0.15) is 5.82 Å². The highest BCUT2D eigenvalue weighted by Crippen LogP contribution is 2.26. The molecule has 0 aliphatic heterocycles.